The Kier molecular flexibility index (Phi) is 4.36. The summed E-state index contributed by atoms with van der Waals surface area (Å²) in [4.78, 5) is 30.7. The lowest BCUT2D eigenvalue weighted by Gasteiger charge is -2.08. The molecule has 0 aliphatic rings. The molecule has 0 radical (unpaired) electrons. The molecule has 27 heavy (non-hydrogen) atoms. The first-order valence-corrected chi connectivity index (χ1v) is 9.95. The number of nitrogens with zero attached hydrogens (tertiary/aromatic N) is 2. The van der Waals surface area contributed by atoms with Crippen LogP contribution < -0.4 is 10.9 Å². The van der Waals surface area contributed by atoms with Crippen molar-refractivity contribution in [2.24, 2.45) is 0 Å². The van der Waals surface area contributed by atoms with Gasteiger partial charge in [-0.25, -0.2) is 4.98 Å². The van der Waals surface area contributed by atoms with Crippen LogP contribution in [0.25, 0.3) is 16.0 Å². The van der Waals surface area contributed by atoms with Crippen molar-refractivity contribution in [1.82, 2.24) is 9.38 Å². The predicted octanol–water partition coefficient (Wildman–Crippen LogP) is 4.85. The van der Waals surface area contributed by atoms with Gasteiger partial charge in [0.1, 0.15) is 4.88 Å². The number of halogens is 1. The Hall–Kier alpha value is -2.51. The third kappa shape index (κ3) is 3.17. The minimum absolute atomic E-state index is 0.261. The van der Waals surface area contributed by atoms with Crippen LogP contribution in [0.15, 0.2) is 45.7 Å². The van der Waals surface area contributed by atoms with Gasteiger partial charge in [-0.15, -0.1) is 0 Å². The molecule has 136 valence electrons. The second kappa shape index (κ2) is 6.58. The molecule has 0 atom stereocenters. The van der Waals surface area contributed by atoms with Crippen LogP contribution >= 0.6 is 27.3 Å². The molecule has 1 N–H and O–H groups in total. The molecule has 2 aromatic carbocycles. The van der Waals surface area contributed by atoms with Gasteiger partial charge < -0.3 is 5.32 Å². The van der Waals surface area contributed by atoms with E-state index >= 15 is 0 Å². The quantitative estimate of drug-likeness (QED) is 0.483. The van der Waals surface area contributed by atoms with Gasteiger partial charge in [-0.2, -0.15) is 0 Å². The molecule has 2 heterocycles. The molecule has 0 spiro atoms. The summed E-state index contributed by atoms with van der Waals surface area (Å²) in [5, 5.41) is 2.85. The Balaban J connectivity index is 1.79. The highest BCUT2D eigenvalue weighted by atomic mass is 79.9. The molecule has 5 nitrogen and oxygen atoms in total. The molecular weight excluding hydrogens is 426 g/mol. The summed E-state index contributed by atoms with van der Waals surface area (Å²) in [6.45, 7) is 5.99. The molecule has 0 saturated heterocycles. The molecule has 2 aromatic heterocycles. The van der Waals surface area contributed by atoms with Gasteiger partial charge >= 0.3 is 0 Å². The number of amides is 1. The molecule has 0 saturated carbocycles. The van der Waals surface area contributed by atoms with Gasteiger partial charge in [0, 0.05) is 10.5 Å². The number of benzene rings is 2. The standard InChI is InChI=1S/C20H16BrN3O2S/c1-10-4-5-14(13(21)6-10)22-19(26)17-9-18(25)24-16-8-12(3)11(2)7-15(16)23-20(24)27-17/h4-9H,1-3H3,(H,22,26). The second-order valence-electron chi connectivity index (χ2n) is 6.54. The molecular formula is C20H16BrN3O2S. The van der Waals surface area contributed by atoms with Crippen molar-refractivity contribution in [3.63, 3.8) is 0 Å². The first-order valence-electron chi connectivity index (χ1n) is 8.34. The van der Waals surface area contributed by atoms with Gasteiger partial charge in [0.25, 0.3) is 11.5 Å². The number of carbonyl (C=O) groups is 1. The number of aryl methyl sites for hydroxylation is 3. The van der Waals surface area contributed by atoms with Crippen molar-refractivity contribution in [2.75, 3.05) is 5.32 Å². The molecule has 4 aromatic rings. The lowest BCUT2D eigenvalue weighted by atomic mass is 10.1. The Morgan fingerprint density at radius 2 is 1.85 bits per heavy atom. The Labute approximate surface area is 167 Å². The highest BCUT2D eigenvalue weighted by Crippen LogP contribution is 2.26. The zero-order chi connectivity index (χ0) is 19.3. The van der Waals surface area contributed by atoms with E-state index in [-0.39, 0.29) is 11.5 Å². The van der Waals surface area contributed by atoms with E-state index in [1.54, 1.807) is 4.40 Å². The van der Waals surface area contributed by atoms with E-state index in [1.807, 2.05) is 51.1 Å². The van der Waals surface area contributed by atoms with Gasteiger partial charge in [0.15, 0.2) is 4.96 Å². The predicted molar refractivity (Wildman–Crippen MR) is 113 cm³/mol. The fourth-order valence-electron chi connectivity index (χ4n) is 2.91. The summed E-state index contributed by atoms with van der Waals surface area (Å²) in [6, 6.07) is 11.0. The van der Waals surface area contributed by atoms with Crippen LogP contribution in [0, 0.1) is 20.8 Å². The van der Waals surface area contributed by atoms with E-state index in [0.29, 0.717) is 15.5 Å². The lowest BCUT2D eigenvalue weighted by Crippen LogP contribution is -2.17. The highest BCUT2D eigenvalue weighted by molar-refractivity contribution is 9.10. The van der Waals surface area contributed by atoms with Gasteiger partial charge in [-0.1, -0.05) is 17.4 Å². The van der Waals surface area contributed by atoms with Crippen molar-refractivity contribution >= 4 is 54.9 Å². The zero-order valence-corrected chi connectivity index (χ0v) is 17.4. The summed E-state index contributed by atoms with van der Waals surface area (Å²) in [6.07, 6.45) is 0. The van der Waals surface area contributed by atoms with E-state index in [9.17, 15) is 9.59 Å². The van der Waals surface area contributed by atoms with E-state index in [1.165, 1.54) is 17.4 Å². The zero-order valence-electron chi connectivity index (χ0n) is 15.0. The molecule has 1 amide bonds. The summed E-state index contributed by atoms with van der Waals surface area (Å²) in [5.74, 6) is -0.330. The molecule has 4 rings (SSSR count). The molecule has 0 fully saturated rings. The van der Waals surface area contributed by atoms with E-state index in [2.05, 4.69) is 26.2 Å². The minimum atomic E-state index is -0.330. The fraction of sp³-hybridized carbons (Fsp3) is 0.150. The number of hydrogen-bond donors (Lipinski definition) is 1. The van der Waals surface area contributed by atoms with Crippen molar-refractivity contribution in [1.29, 1.82) is 0 Å². The fourth-order valence-corrected chi connectivity index (χ4v) is 4.43. The maximum absolute atomic E-state index is 12.7. The van der Waals surface area contributed by atoms with Crippen LogP contribution in [-0.4, -0.2) is 15.3 Å². The minimum Gasteiger partial charge on any atom is -0.320 e. The van der Waals surface area contributed by atoms with Crippen LogP contribution in [0.4, 0.5) is 5.69 Å². The van der Waals surface area contributed by atoms with Gasteiger partial charge in [-0.3, -0.25) is 14.0 Å². The summed E-state index contributed by atoms with van der Waals surface area (Å²) < 4.78 is 2.35. The SMILES string of the molecule is Cc1ccc(NC(=O)c2cc(=O)n3c(nc4cc(C)c(C)cc43)s2)c(Br)c1. The van der Waals surface area contributed by atoms with Crippen molar-refractivity contribution in [2.45, 2.75) is 20.8 Å². The Bertz CT molecular complexity index is 1290. The smallest absolute Gasteiger partial charge is 0.266 e. The highest BCUT2D eigenvalue weighted by Gasteiger charge is 2.15. The number of fused-ring (bicyclic) bond motifs is 3. The van der Waals surface area contributed by atoms with Crippen molar-refractivity contribution < 1.29 is 4.79 Å². The number of anilines is 1. The number of aromatic nitrogens is 2. The van der Waals surface area contributed by atoms with Crippen LogP contribution in [0.5, 0.6) is 0 Å². The summed E-state index contributed by atoms with van der Waals surface area (Å²) >= 11 is 4.65. The van der Waals surface area contributed by atoms with Crippen LogP contribution in [0.2, 0.25) is 0 Å². The number of rotatable bonds is 2. The summed E-state index contributed by atoms with van der Waals surface area (Å²) in [5.41, 5.74) is 5.21. The Morgan fingerprint density at radius 1 is 1.11 bits per heavy atom. The first kappa shape index (κ1) is 17.9. The van der Waals surface area contributed by atoms with Crippen LogP contribution in [0.1, 0.15) is 26.4 Å². The lowest BCUT2D eigenvalue weighted by molar-refractivity contribution is 0.103. The number of nitrogens with one attached hydrogen (secondary N) is 1. The second-order valence-corrected chi connectivity index (χ2v) is 8.40. The van der Waals surface area contributed by atoms with Crippen LogP contribution in [-0.2, 0) is 0 Å². The number of imidazole rings is 1. The van der Waals surface area contributed by atoms with E-state index in [4.69, 9.17) is 0 Å². The first-order chi connectivity index (χ1) is 12.8. The third-order valence-corrected chi connectivity index (χ3v) is 6.15. The third-order valence-electron chi connectivity index (χ3n) is 4.51. The molecule has 7 heteroatoms. The molecule has 0 unspecified atom stereocenters. The molecule has 0 aliphatic heterocycles. The van der Waals surface area contributed by atoms with Gasteiger partial charge in [-0.05, 0) is 77.7 Å². The average molecular weight is 442 g/mol. The monoisotopic (exact) mass is 441 g/mol. The maximum atomic E-state index is 12.7. The van der Waals surface area contributed by atoms with E-state index < -0.39 is 0 Å². The number of hydrogen-bond acceptors (Lipinski definition) is 4. The Morgan fingerprint density at radius 3 is 2.59 bits per heavy atom. The van der Waals surface area contributed by atoms with Crippen molar-refractivity contribution in [3.05, 3.63) is 72.8 Å². The van der Waals surface area contributed by atoms with Crippen molar-refractivity contribution in [3.8, 4) is 0 Å². The largest absolute Gasteiger partial charge is 0.320 e. The number of carbonyl (C=O) groups excluding carboxylic acids is 1. The average Bonchev–Trinajstić information content (AvgIpc) is 2.95. The van der Waals surface area contributed by atoms with Gasteiger partial charge in [0.05, 0.1) is 16.7 Å². The van der Waals surface area contributed by atoms with Gasteiger partial charge in [0.2, 0.25) is 0 Å². The van der Waals surface area contributed by atoms with E-state index in [0.717, 1.165) is 32.2 Å². The summed E-state index contributed by atoms with van der Waals surface area (Å²) in [7, 11) is 0. The molecule has 0 aliphatic carbocycles. The molecule has 0 bridgehead atoms. The maximum Gasteiger partial charge on any atom is 0.266 e. The topological polar surface area (TPSA) is 63.5 Å². The van der Waals surface area contributed by atoms with Crippen LogP contribution in [0.3, 0.4) is 0 Å². The normalized spacial score (nSPS) is 11.3.